The van der Waals surface area contributed by atoms with Crippen LogP contribution in [0.3, 0.4) is 0 Å². The van der Waals surface area contributed by atoms with E-state index in [1.165, 1.54) is 13.0 Å². The smallest absolute Gasteiger partial charge is 0.245 e. The molecule has 0 aliphatic carbocycles. The molecule has 37 heavy (non-hydrogen) atoms. The van der Waals surface area contributed by atoms with E-state index in [1.54, 1.807) is 53.4 Å². The van der Waals surface area contributed by atoms with Crippen molar-refractivity contribution in [3.05, 3.63) is 83.9 Å². The summed E-state index contributed by atoms with van der Waals surface area (Å²) in [6, 6.07) is 19.9. The molecule has 2 heterocycles. The largest absolute Gasteiger partial charge is 0.368 e. The number of carbonyl (C=O) groups excluding carboxylic acids is 2. The van der Waals surface area contributed by atoms with Crippen molar-refractivity contribution in [1.29, 1.82) is 0 Å². The summed E-state index contributed by atoms with van der Waals surface area (Å²) >= 11 is 0.939. The number of aromatic nitrogens is 2. The highest BCUT2D eigenvalue weighted by atomic mass is 32.2. The Kier molecular flexibility index (Phi) is 7.00. The van der Waals surface area contributed by atoms with Crippen LogP contribution in [0.25, 0.3) is 11.0 Å². The number of nitrogens with one attached hydrogen (secondary N) is 1. The maximum Gasteiger partial charge on any atom is 0.245 e. The summed E-state index contributed by atoms with van der Waals surface area (Å²) in [4.78, 5) is 29.1. The molecule has 1 saturated heterocycles. The molecule has 1 atom stereocenters. The number of carbonyl (C=O) groups is 2. The normalized spacial score (nSPS) is 15.1. The quantitative estimate of drug-likeness (QED) is 0.362. The Bertz CT molecular complexity index is 1530. The number of hydrogen-bond donors (Lipinski definition) is 1. The molecule has 4 aromatic rings. The summed E-state index contributed by atoms with van der Waals surface area (Å²) < 4.78 is 37.8. The summed E-state index contributed by atoms with van der Waals surface area (Å²) in [6.45, 7) is 3.57. The minimum atomic E-state index is -4.08. The second-order valence-corrected chi connectivity index (χ2v) is 11.0. The second-order valence-electron chi connectivity index (χ2n) is 8.77. The van der Waals surface area contributed by atoms with Crippen LogP contribution in [-0.2, 0) is 14.8 Å². The molecule has 1 aromatic heterocycles. The third-order valence-corrected chi connectivity index (χ3v) is 8.42. The molecule has 0 saturated carbocycles. The first kappa shape index (κ1) is 25.0. The highest BCUT2D eigenvalue weighted by Crippen LogP contribution is 2.26. The molecule has 11 heteroatoms. The number of piperazine rings is 1. The average Bonchev–Trinajstić information content (AvgIpc) is 3.41. The van der Waals surface area contributed by atoms with Crippen molar-refractivity contribution in [3.63, 3.8) is 0 Å². The Hall–Kier alpha value is -3.67. The third kappa shape index (κ3) is 5.24. The molecule has 1 amide bonds. The van der Waals surface area contributed by atoms with Gasteiger partial charge in [0, 0.05) is 37.4 Å². The second kappa shape index (κ2) is 10.4. The van der Waals surface area contributed by atoms with Crippen molar-refractivity contribution in [1.82, 2.24) is 18.4 Å². The van der Waals surface area contributed by atoms with E-state index >= 15 is 0 Å². The molecule has 5 rings (SSSR count). The van der Waals surface area contributed by atoms with Gasteiger partial charge >= 0.3 is 0 Å². The van der Waals surface area contributed by atoms with E-state index in [9.17, 15) is 18.0 Å². The van der Waals surface area contributed by atoms with Crippen LogP contribution < -0.4 is 9.62 Å². The zero-order chi connectivity index (χ0) is 26.0. The topological polar surface area (TPSA) is 113 Å². The standard InChI is InChI=1S/C26H25N5O4S2/c1-18(32)19-10-12-21(13-11-19)30-14-16-31(17-15-30)26(33)24(20-6-3-2-4-7-20)29-37(34,35)23-9-5-8-22-25(23)28-36-27-22/h2-13,24,29H,14-17H2,1H3/t24-/m1/s1. The average molecular weight is 536 g/mol. The van der Waals surface area contributed by atoms with Crippen LogP contribution in [0.1, 0.15) is 28.9 Å². The van der Waals surface area contributed by atoms with Crippen molar-refractivity contribution >= 4 is 50.2 Å². The molecule has 3 aromatic carbocycles. The van der Waals surface area contributed by atoms with E-state index in [0.29, 0.717) is 42.8 Å². The fraction of sp³-hybridized carbons (Fsp3) is 0.231. The van der Waals surface area contributed by atoms with Crippen molar-refractivity contribution in [2.75, 3.05) is 31.1 Å². The third-order valence-electron chi connectivity index (χ3n) is 6.42. The number of ketones is 1. The number of rotatable bonds is 7. The van der Waals surface area contributed by atoms with Gasteiger partial charge in [-0.3, -0.25) is 9.59 Å². The molecule has 0 unspecified atom stereocenters. The highest BCUT2D eigenvalue weighted by molar-refractivity contribution is 7.89. The molecule has 0 bridgehead atoms. The van der Waals surface area contributed by atoms with E-state index in [1.807, 2.05) is 18.2 Å². The maximum absolute atomic E-state index is 13.7. The number of benzene rings is 3. The van der Waals surface area contributed by atoms with Gasteiger partial charge in [-0.2, -0.15) is 13.5 Å². The van der Waals surface area contributed by atoms with Crippen molar-refractivity contribution in [2.24, 2.45) is 0 Å². The lowest BCUT2D eigenvalue weighted by atomic mass is 10.1. The van der Waals surface area contributed by atoms with E-state index in [-0.39, 0.29) is 22.1 Å². The summed E-state index contributed by atoms with van der Waals surface area (Å²) in [5.74, 6) is -0.302. The molecule has 1 fully saturated rings. The minimum absolute atomic E-state index is 0.00805. The van der Waals surface area contributed by atoms with Crippen LogP contribution in [0, 0.1) is 0 Å². The fourth-order valence-corrected chi connectivity index (χ4v) is 6.34. The van der Waals surface area contributed by atoms with Crippen LogP contribution in [0.5, 0.6) is 0 Å². The molecule has 190 valence electrons. The Morgan fingerprint density at radius 1 is 0.892 bits per heavy atom. The van der Waals surface area contributed by atoms with Gasteiger partial charge in [0.15, 0.2) is 5.78 Å². The van der Waals surface area contributed by atoms with Crippen LogP contribution in [0.2, 0.25) is 0 Å². The molecular formula is C26H25N5O4S2. The van der Waals surface area contributed by atoms with E-state index in [4.69, 9.17) is 0 Å². The summed E-state index contributed by atoms with van der Waals surface area (Å²) in [5, 5.41) is 0. The van der Waals surface area contributed by atoms with E-state index in [0.717, 1.165) is 17.4 Å². The molecule has 1 aliphatic heterocycles. The maximum atomic E-state index is 13.7. The van der Waals surface area contributed by atoms with Gasteiger partial charge in [0.1, 0.15) is 22.0 Å². The van der Waals surface area contributed by atoms with Crippen LogP contribution in [0.4, 0.5) is 5.69 Å². The Labute approximate surface area is 219 Å². The Morgan fingerprint density at radius 3 is 2.27 bits per heavy atom. The fourth-order valence-electron chi connectivity index (χ4n) is 4.40. The number of fused-ring (bicyclic) bond motifs is 1. The van der Waals surface area contributed by atoms with Gasteiger partial charge in [0.25, 0.3) is 0 Å². The molecule has 9 nitrogen and oxygen atoms in total. The first-order valence-electron chi connectivity index (χ1n) is 11.8. The van der Waals surface area contributed by atoms with E-state index < -0.39 is 16.1 Å². The predicted molar refractivity (Wildman–Crippen MR) is 142 cm³/mol. The highest BCUT2D eigenvalue weighted by Gasteiger charge is 2.33. The lowest BCUT2D eigenvalue weighted by molar-refractivity contribution is -0.133. The van der Waals surface area contributed by atoms with Gasteiger partial charge in [-0.05, 0) is 48.9 Å². The number of amides is 1. The zero-order valence-corrected chi connectivity index (χ0v) is 21.7. The van der Waals surface area contributed by atoms with Crippen LogP contribution >= 0.6 is 11.7 Å². The monoisotopic (exact) mass is 535 g/mol. The van der Waals surface area contributed by atoms with Crippen LogP contribution in [0.15, 0.2) is 77.7 Å². The molecular weight excluding hydrogens is 510 g/mol. The SMILES string of the molecule is CC(=O)c1ccc(N2CCN(C(=O)[C@H](NS(=O)(=O)c3cccc4nsnc34)c3ccccc3)CC2)cc1. The van der Waals surface area contributed by atoms with Gasteiger partial charge in [-0.25, -0.2) is 8.42 Å². The molecule has 0 radical (unpaired) electrons. The minimum Gasteiger partial charge on any atom is -0.368 e. The number of hydrogen-bond acceptors (Lipinski definition) is 8. The molecule has 0 spiro atoms. The van der Waals surface area contributed by atoms with Crippen molar-refractivity contribution < 1.29 is 18.0 Å². The summed E-state index contributed by atoms with van der Waals surface area (Å²) in [5.41, 5.74) is 2.95. The number of nitrogens with zero attached hydrogens (tertiary/aromatic N) is 4. The summed E-state index contributed by atoms with van der Waals surface area (Å²) in [6.07, 6.45) is 0. The Balaban J connectivity index is 1.36. The summed E-state index contributed by atoms with van der Waals surface area (Å²) in [7, 11) is -4.08. The predicted octanol–water partition coefficient (Wildman–Crippen LogP) is 3.26. The van der Waals surface area contributed by atoms with Crippen LogP contribution in [-0.4, -0.2) is 59.9 Å². The first-order valence-corrected chi connectivity index (χ1v) is 14.0. The van der Waals surface area contributed by atoms with Gasteiger partial charge in [0.2, 0.25) is 15.9 Å². The number of sulfonamides is 1. The zero-order valence-electron chi connectivity index (χ0n) is 20.1. The van der Waals surface area contributed by atoms with Crippen molar-refractivity contribution in [3.8, 4) is 0 Å². The number of Topliss-reactive ketones (excluding diaryl/α,β-unsaturated/α-hetero) is 1. The number of anilines is 1. The van der Waals surface area contributed by atoms with E-state index in [2.05, 4.69) is 18.4 Å². The first-order chi connectivity index (χ1) is 17.8. The molecule has 1 N–H and O–H groups in total. The lowest BCUT2D eigenvalue weighted by Crippen LogP contribution is -2.52. The molecule has 1 aliphatic rings. The lowest BCUT2D eigenvalue weighted by Gasteiger charge is -2.37. The van der Waals surface area contributed by atoms with Gasteiger partial charge in [0.05, 0.1) is 11.7 Å². The van der Waals surface area contributed by atoms with Crippen molar-refractivity contribution in [2.45, 2.75) is 17.9 Å². The van der Waals surface area contributed by atoms with Gasteiger partial charge in [-0.1, -0.05) is 36.4 Å². The Morgan fingerprint density at radius 2 is 1.59 bits per heavy atom. The van der Waals surface area contributed by atoms with Gasteiger partial charge in [-0.15, -0.1) is 0 Å². The van der Waals surface area contributed by atoms with Gasteiger partial charge < -0.3 is 9.80 Å².